The Balaban J connectivity index is 2.11. The summed E-state index contributed by atoms with van der Waals surface area (Å²) in [5, 5.41) is 0. The maximum absolute atomic E-state index is 11.0. The van der Waals surface area contributed by atoms with Gasteiger partial charge in [0.1, 0.15) is 6.29 Å². The summed E-state index contributed by atoms with van der Waals surface area (Å²) in [6.45, 7) is 0. The Bertz CT molecular complexity index is 234. The Morgan fingerprint density at radius 1 is 0.929 bits per heavy atom. The molecule has 0 aromatic carbocycles. The topological polar surface area (TPSA) is 17.1 Å². The smallest absolute Gasteiger partial charge is 0.145 e. The lowest BCUT2D eigenvalue weighted by molar-refractivity contribution is -0.105. The van der Waals surface area contributed by atoms with Crippen LogP contribution in [0.5, 0.6) is 0 Å². The molecule has 14 heavy (non-hydrogen) atoms. The number of aldehydes is 1. The van der Waals surface area contributed by atoms with Gasteiger partial charge < -0.3 is 0 Å². The minimum absolute atomic E-state index is 0.768. The second-order valence-corrected chi connectivity index (χ2v) is 4.71. The van der Waals surface area contributed by atoms with Crippen molar-refractivity contribution in [3.05, 3.63) is 11.1 Å². The van der Waals surface area contributed by atoms with Gasteiger partial charge in [-0.3, -0.25) is 4.79 Å². The van der Waals surface area contributed by atoms with Crippen molar-refractivity contribution in [1.82, 2.24) is 0 Å². The summed E-state index contributed by atoms with van der Waals surface area (Å²) in [6, 6.07) is 0. The molecule has 2 rings (SSSR count). The van der Waals surface area contributed by atoms with Crippen LogP contribution in [-0.2, 0) is 4.79 Å². The molecule has 1 heteroatoms. The molecule has 1 saturated carbocycles. The quantitative estimate of drug-likeness (QED) is 0.610. The van der Waals surface area contributed by atoms with E-state index in [2.05, 4.69) is 0 Å². The van der Waals surface area contributed by atoms with Crippen LogP contribution in [0.3, 0.4) is 0 Å². The fourth-order valence-corrected chi connectivity index (χ4v) is 3.00. The molecule has 0 atom stereocenters. The second-order valence-electron chi connectivity index (χ2n) is 4.71. The number of carbonyl (C=O) groups is 1. The molecule has 0 aromatic heterocycles. The molecule has 0 aromatic rings. The van der Waals surface area contributed by atoms with Gasteiger partial charge in [0.05, 0.1) is 0 Å². The maximum atomic E-state index is 11.0. The largest absolute Gasteiger partial charge is 0.298 e. The Labute approximate surface area is 86.6 Å². The molecule has 0 saturated heterocycles. The molecule has 0 bridgehead atoms. The van der Waals surface area contributed by atoms with Gasteiger partial charge in [-0.05, 0) is 50.0 Å². The second kappa shape index (κ2) is 4.77. The molecule has 0 heterocycles. The average molecular weight is 192 g/mol. The van der Waals surface area contributed by atoms with Crippen molar-refractivity contribution >= 4 is 6.29 Å². The van der Waals surface area contributed by atoms with Crippen molar-refractivity contribution in [2.75, 3.05) is 0 Å². The zero-order chi connectivity index (χ0) is 9.80. The highest BCUT2D eigenvalue weighted by Gasteiger charge is 2.22. The van der Waals surface area contributed by atoms with Crippen molar-refractivity contribution in [3.63, 3.8) is 0 Å². The third-order valence-corrected chi connectivity index (χ3v) is 3.79. The molecule has 0 amide bonds. The van der Waals surface area contributed by atoms with Crippen LogP contribution >= 0.6 is 0 Å². The third kappa shape index (κ3) is 2.08. The Morgan fingerprint density at radius 3 is 2.36 bits per heavy atom. The number of hydrogen-bond donors (Lipinski definition) is 0. The highest BCUT2D eigenvalue weighted by Crippen LogP contribution is 2.37. The Kier molecular flexibility index (Phi) is 3.39. The van der Waals surface area contributed by atoms with Crippen LogP contribution in [0.1, 0.15) is 57.8 Å². The molecular formula is C13H20O. The SMILES string of the molecule is O=CC1=C(C2CCCCC2)CCCC1. The van der Waals surface area contributed by atoms with E-state index in [0.717, 1.165) is 24.2 Å². The lowest BCUT2D eigenvalue weighted by atomic mass is 9.77. The van der Waals surface area contributed by atoms with Gasteiger partial charge in [0, 0.05) is 0 Å². The van der Waals surface area contributed by atoms with E-state index in [1.54, 1.807) is 0 Å². The van der Waals surface area contributed by atoms with Crippen molar-refractivity contribution in [1.29, 1.82) is 0 Å². The first kappa shape index (κ1) is 9.95. The molecule has 0 unspecified atom stereocenters. The van der Waals surface area contributed by atoms with Gasteiger partial charge in [0.25, 0.3) is 0 Å². The molecule has 0 aliphatic heterocycles. The molecule has 1 fully saturated rings. The van der Waals surface area contributed by atoms with Crippen LogP contribution in [0.15, 0.2) is 11.1 Å². The Morgan fingerprint density at radius 2 is 1.64 bits per heavy atom. The van der Waals surface area contributed by atoms with Gasteiger partial charge in [-0.15, -0.1) is 0 Å². The normalized spacial score (nSPS) is 25.1. The van der Waals surface area contributed by atoms with Crippen molar-refractivity contribution in [2.24, 2.45) is 5.92 Å². The number of allylic oxidation sites excluding steroid dienone is 2. The third-order valence-electron chi connectivity index (χ3n) is 3.79. The summed E-state index contributed by atoms with van der Waals surface area (Å²) in [5.41, 5.74) is 2.69. The van der Waals surface area contributed by atoms with E-state index in [-0.39, 0.29) is 0 Å². The van der Waals surface area contributed by atoms with Crippen LogP contribution in [0.2, 0.25) is 0 Å². The molecule has 0 N–H and O–H groups in total. The van der Waals surface area contributed by atoms with E-state index < -0.39 is 0 Å². The molecule has 1 nitrogen and oxygen atoms in total. The van der Waals surface area contributed by atoms with E-state index in [9.17, 15) is 4.79 Å². The fourth-order valence-electron chi connectivity index (χ4n) is 3.00. The van der Waals surface area contributed by atoms with Crippen LogP contribution < -0.4 is 0 Å². The summed E-state index contributed by atoms with van der Waals surface area (Å²) in [7, 11) is 0. The summed E-state index contributed by atoms with van der Waals surface area (Å²) in [5.74, 6) is 0.768. The first-order valence-corrected chi connectivity index (χ1v) is 6.09. The molecule has 2 aliphatic carbocycles. The van der Waals surface area contributed by atoms with E-state index in [0.29, 0.717) is 0 Å². The fraction of sp³-hybridized carbons (Fsp3) is 0.769. The standard InChI is InChI=1S/C13H20O/c14-10-12-8-4-5-9-13(12)11-6-2-1-3-7-11/h10-11H,1-9H2. The summed E-state index contributed by atoms with van der Waals surface area (Å²) in [6.07, 6.45) is 12.8. The van der Waals surface area contributed by atoms with Crippen LogP contribution in [0.25, 0.3) is 0 Å². The zero-order valence-electron chi connectivity index (χ0n) is 8.93. The van der Waals surface area contributed by atoms with Gasteiger partial charge in [-0.2, -0.15) is 0 Å². The predicted octanol–water partition coefficient (Wildman–Crippen LogP) is 3.64. The Hall–Kier alpha value is -0.590. The van der Waals surface area contributed by atoms with Gasteiger partial charge >= 0.3 is 0 Å². The van der Waals surface area contributed by atoms with Crippen LogP contribution in [0, 0.1) is 5.92 Å². The van der Waals surface area contributed by atoms with E-state index in [1.807, 2.05) is 0 Å². The highest BCUT2D eigenvalue weighted by atomic mass is 16.1. The first-order chi connectivity index (χ1) is 6.92. The minimum atomic E-state index is 0.768. The summed E-state index contributed by atoms with van der Waals surface area (Å²) < 4.78 is 0. The van der Waals surface area contributed by atoms with Crippen molar-refractivity contribution in [2.45, 2.75) is 57.8 Å². The molecular weight excluding hydrogens is 172 g/mol. The van der Waals surface area contributed by atoms with Gasteiger partial charge in [0.2, 0.25) is 0 Å². The highest BCUT2D eigenvalue weighted by molar-refractivity contribution is 5.75. The average Bonchev–Trinajstić information content (AvgIpc) is 2.30. The van der Waals surface area contributed by atoms with Crippen molar-refractivity contribution in [3.8, 4) is 0 Å². The molecule has 2 aliphatic rings. The lowest BCUT2D eigenvalue weighted by Gasteiger charge is -2.28. The van der Waals surface area contributed by atoms with E-state index in [1.165, 1.54) is 56.9 Å². The summed E-state index contributed by atoms with van der Waals surface area (Å²) in [4.78, 5) is 11.0. The molecule has 0 radical (unpaired) electrons. The lowest BCUT2D eigenvalue weighted by Crippen LogP contribution is -2.14. The molecule has 0 spiro atoms. The number of rotatable bonds is 2. The van der Waals surface area contributed by atoms with Gasteiger partial charge in [-0.1, -0.05) is 24.8 Å². The van der Waals surface area contributed by atoms with Gasteiger partial charge in [0.15, 0.2) is 0 Å². The maximum Gasteiger partial charge on any atom is 0.145 e. The van der Waals surface area contributed by atoms with Crippen LogP contribution in [0.4, 0.5) is 0 Å². The monoisotopic (exact) mass is 192 g/mol. The number of carbonyl (C=O) groups excluding carboxylic acids is 1. The van der Waals surface area contributed by atoms with E-state index >= 15 is 0 Å². The van der Waals surface area contributed by atoms with Crippen LogP contribution in [-0.4, -0.2) is 6.29 Å². The number of hydrogen-bond acceptors (Lipinski definition) is 1. The molecule has 78 valence electrons. The zero-order valence-corrected chi connectivity index (χ0v) is 8.93. The first-order valence-electron chi connectivity index (χ1n) is 6.09. The summed E-state index contributed by atoms with van der Waals surface area (Å²) >= 11 is 0. The van der Waals surface area contributed by atoms with E-state index in [4.69, 9.17) is 0 Å². The van der Waals surface area contributed by atoms with Crippen molar-refractivity contribution < 1.29 is 4.79 Å². The predicted molar refractivity (Wildman–Crippen MR) is 58.1 cm³/mol. The minimum Gasteiger partial charge on any atom is -0.298 e. The van der Waals surface area contributed by atoms with Gasteiger partial charge in [-0.25, -0.2) is 0 Å².